The molecule has 0 unspecified atom stereocenters. The monoisotopic (exact) mass is 743 g/mol. The number of carbonyl (C=O) groups excluding carboxylic acids is 1. The number of nitrogens with one attached hydrogen (secondary N) is 1. The SMILES string of the molecule is CC#Cc1cc(-c2c(C)cc(F)cc2C)c(F)c([C@H](CC(=O)O)NC(=O)[C@@H](CC(C)C)n2cc(C3CCN(C4CC4)CC3)c(C(F)(F)F)cc2=O)c1F. The first-order valence-corrected chi connectivity index (χ1v) is 17.7. The fourth-order valence-corrected chi connectivity index (χ4v) is 7.56. The van der Waals surface area contributed by atoms with Gasteiger partial charge in [-0.15, -0.1) is 5.92 Å². The molecule has 13 heteroatoms. The summed E-state index contributed by atoms with van der Waals surface area (Å²) in [6.45, 7) is 9.11. The molecule has 1 aliphatic carbocycles. The Morgan fingerprint density at radius 2 is 1.60 bits per heavy atom. The molecule has 3 aromatic rings. The Labute approximate surface area is 304 Å². The molecule has 1 aliphatic heterocycles. The largest absolute Gasteiger partial charge is 0.481 e. The second kappa shape index (κ2) is 15.8. The second-order valence-corrected chi connectivity index (χ2v) is 14.5. The number of aliphatic carboxylic acids is 1. The van der Waals surface area contributed by atoms with Crippen LogP contribution in [0, 0.1) is 49.1 Å². The minimum atomic E-state index is -4.84. The van der Waals surface area contributed by atoms with Gasteiger partial charge in [0.15, 0.2) is 0 Å². The Morgan fingerprint density at radius 3 is 2.13 bits per heavy atom. The van der Waals surface area contributed by atoms with Crippen LogP contribution in [-0.2, 0) is 15.8 Å². The van der Waals surface area contributed by atoms with Gasteiger partial charge in [-0.1, -0.05) is 19.8 Å². The molecule has 0 bridgehead atoms. The van der Waals surface area contributed by atoms with Gasteiger partial charge in [0.25, 0.3) is 5.56 Å². The van der Waals surface area contributed by atoms with Crippen LogP contribution in [0.3, 0.4) is 0 Å². The van der Waals surface area contributed by atoms with E-state index in [-0.39, 0.29) is 34.6 Å². The van der Waals surface area contributed by atoms with Crippen molar-refractivity contribution in [2.45, 2.75) is 103 Å². The quantitative estimate of drug-likeness (QED) is 0.153. The Morgan fingerprint density at radius 1 is 0.981 bits per heavy atom. The molecule has 2 aromatic carbocycles. The van der Waals surface area contributed by atoms with E-state index in [0.717, 1.165) is 41.8 Å². The van der Waals surface area contributed by atoms with E-state index in [2.05, 4.69) is 22.1 Å². The van der Waals surface area contributed by atoms with E-state index in [1.807, 2.05) is 0 Å². The summed E-state index contributed by atoms with van der Waals surface area (Å²) >= 11 is 0. The zero-order valence-electron chi connectivity index (χ0n) is 30.3. The maximum absolute atomic E-state index is 16.7. The van der Waals surface area contributed by atoms with E-state index in [4.69, 9.17) is 0 Å². The number of aryl methyl sites for hydroxylation is 2. The summed E-state index contributed by atoms with van der Waals surface area (Å²) < 4.78 is 91.1. The molecule has 7 nitrogen and oxygen atoms in total. The normalized spacial score (nSPS) is 16.6. The molecule has 2 N–H and O–H groups in total. The second-order valence-electron chi connectivity index (χ2n) is 14.5. The molecular formula is C40H43F6N3O4. The van der Waals surface area contributed by atoms with Crippen molar-refractivity contribution < 1.29 is 41.0 Å². The summed E-state index contributed by atoms with van der Waals surface area (Å²) in [7, 11) is 0. The van der Waals surface area contributed by atoms with Gasteiger partial charge in [0.1, 0.15) is 23.5 Å². The number of nitrogens with zero attached hydrogens (tertiary/aromatic N) is 2. The van der Waals surface area contributed by atoms with Crippen LogP contribution in [0.2, 0.25) is 0 Å². The van der Waals surface area contributed by atoms with Gasteiger partial charge in [0.2, 0.25) is 5.91 Å². The predicted octanol–water partition coefficient (Wildman–Crippen LogP) is 8.20. The number of amides is 1. The van der Waals surface area contributed by atoms with Gasteiger partial charge in [-0.25, -0.2) is 13.2 Å². The van der Waals surface area contributed by atoms with Crippen molar-refractivity contribution in [2.75, 3.05) is 13.1 Å². The minimum absolute atomic E-state index is 0.0675. The van der Waals surface area contributed by atoms with Crippen LogP contribution < -0.4 is 10.9 Å². The Kier molecular flexibility index (Phi) is 11.8. The number of piperidine rings is 1. The lowest BCUT2D eigenvalue weighted by molar-refractivity contribution is -0.139. The number of hydrogen-bond donors (Lipinski definition) is 2. The van der Waals surface area contributed by atoms with Gasteiger partial charge in [0.05, 0.1) is 23.6 Å². The van der Waals surface area contributed by atoms with E-state index >= 15 is 8.78 Å². The van der Waals surface area contributed by atoms with E-state index in [0.29, 0.717) is 49.2 Å². The minimum Gasteiger partial charge on any atom is -0.481 e. The van der Waals surface area contributed by atoms with Crippen molar-refractivity contribution in [1.29, 1.82) is 0 Å². The molecular weight excluding hydrogens is 700 g/mol. The number of benzene rings is 2. The molecule has 1 aromatic heterocycles. The number of likely N-dealkylation sites (tertiary alicyclic amines) is 1. The molecule has 1 saturated carbocycles. The van der Waals surface area contributed by atoms with Gasteiger partial charge in [-0.2, -0.15) is 13.2 Å². The molecule has 2 atom stereocenters. The number of aromatic nitrogens is 1. The standard InChI is InChI=1S/C40H43F6N3O4/c1-6-7-25-17-28(35-22(4)15-26(41)16-23(35)5)38(43)36(37(25)42)31(19-34(51)52)47-39(53)32(14-21(2)3)49-20-29(30(18-33(49)50)40(44,45)46)24-10-12-48(13-11-24)27-8-9-27/h15-18,20-21,24,27,31-32H,8-14,19H2,1-5H3,(H,47,53)(H,51,52)/t31-,32+/m0/s1. The lowest BCUT2D eigenvalue weighted by Gasteiger charge is -2.34. The van der Waals surface area contributed by atoms with Crippen LogP contribution >= 0.6 is 0 Å². The third-order valence-corrected chi connectivity index (χ3v) is 10.1. The number of hydrogen-bond acceptors (Lipinski definition) is 4. The highest BCUT2D eigenvalue weighted by molar-refractivity contribution is 5.82. The summed E-state index contributed by atoms with van der Waals surface area (Å²) in [6.07, 6.45) is -1.88. The maximum Gasteiger partial charge on any atom is 0.416 e. The van der Waals surface area contributed by atoms with E-state index in [9.17, 15) is 37.1 Å². The summed E-state index contributed by atoms with van der Waals surface area (Å²) in [5, 5.41) is 12.3. The van der Waals surface area contributed by atoms with Crippen LogP contribution in [0.5, 0.6) is 0 Å². The van der Waals surface area contributed by atoms with Crippen molar-refractivity contribution in [3.63, 3.8) is 0 Å². The smallest absolute Gasteiger partial charge is 0.416 e. The number of carboxylic acid groups (broad SMARTS) is 1. The third kappa shape index (κ3) is 8.81. The molecule has 2 heterocycles. The first kappa shape index (κ1) is 39.6. The van der Waals surface area contributed by atoms with E-state index in [1.54, 1.807) is 13.8 Å². The van der Waals surface area contributed by atoms with Gasteiger partial charge in [-0.05, 0) is 118 Å². The average molecular weight is 744 g/mol. The van der Waals surface area contributed by atoms with Crippen LogP contribution in [0.25, 0.3) is 11.1 Å². The first-order chi connectivity index (χ1) is 24.9. The summed E-state index contributed by atoms with van der Waals surface area (Å²) in [4.78, 5) is 42.1. The van der Waals surface area contributed by atoms with Crippen LogP contribution in [0.15, 0.2) is 35.3 Å². The predicted molar refractivity (Wildman–Crippen MR) is 188 cm³/mol. The molecule has 0 spiro atoms. The molecule has 5 rings (SSSR count). The maximum atomic E-state index is 16.7. The first-order valence-electron chi connectivity index (χ1n) is 17.7. The lowest BCUT2D eigenvalue weighted by Crippen LogP contribution is -2.41. The fraction of sp³-hybridized carbons (Fsp3) is 0.475. The molecule has 284 valence electrons. The Bertz CT molecular complexity index is 1990. The van der Waals surface area contributed by atoms with E-state index in [1.165, 1.54) is 20.8 Å². The van der Waals surface area contributed by atoms with Crippen molar-refractivity contribution >= 4 is 11.9 Å². The Hall–Kier alpha value is -4.57. The molecule has 53 heavy (non-hydrogen) atoms. The number of halogens is 6. The van der Waals surface area contributed by atoms with Crippen molar-refractivity contribution in [3.05, 3.63) is 91.6 Å². The molecule has 1 amide bonds. The number of carbonyl (C=O) groups is 2. The highest BCUT2D eigenvalue weighted by Crippen LogP contribution is 2.41. The van der Waals surface area contributed by atoms with Gasteiger partial charge in [-0.3, -0.25) is 14.4 Å². The highest BCUT2D eigenvalue weighted by atomic mass is 19.4. The highest BCUT2D eigenvalue weighted by Gasteiger charge is 2.40. The van der Waals surface area contributed by atoms with Crippen LogP contribution in [0.4, 0.5) is 26.3 Å². The number of carboxylic acids is 1. The third-order valence-electron chi connectivity index (χ3n) is 10.1. The van der Waals surface area contributed by atoms with Crippen LogP contribution in [-0.4, -0.2) is 45.6 Å². The van der Waals surface area contributed by atoms with Crippen molar-refractivity contribution in [2.24, 2.45) is 5.92 Å². The van der Waals surface area contributed by atoms with Gasteiger partial charge < -0.3 is 19.9 Å². The van der Waals surface area contributed by atoms with Gasteiger partial charge >= 0.3 is 12.1 Å². The average Bonchev–Trinajstić information content (AvgIpc) is 3.90. The topological polar surface area (TPSA) is 91.6 Å². The molecule has 2 aliphatic rings. The number of pyridine rings is 1. The van der Waals surface area contributed by atoms with E-state index < -0.39 is 76.6 Å². The Balaban J connectivity index is 1.61. The summed E-state index contributed by atoms with van der Waals surface area (Å²) in [5.74, 6) is -1.31. The van der Waals surface area contributed by atoms with Crippen molar-refractivity contribution in [3.8, 4) is 23.0 Å². The zero-order valence-corrected chi connectivity index (χ0v) is 30.3. The lowest BCUT2D eigenvalue weighted by atomic mass is 9.87. The fourth-order valence-electron chi connectivity index (χ4n) is 7.56. The summed E-state index contributed by atoms with van der Waals surface area (Å²) in [6, 6.07) is 1.09. The molecule has 1 saturated heterocycles. The van der Waals surface area contributed by atoms with Crippen molar-refractivity contribution in [1.82, 2.24) is 14.8 Å². The number of alkyl halides is 3. The zero-order chi connectivity index (χ0) is 38.9. The molecule has 0 radical (unpaired) electrons. The summed E-state index contributed by atoms with van der Waals surface area (Å²) in [5.41, 5.74) is -2.78. The molecule has 2 fully saturated rings. The van der Waals surface area contributed by atoms with Gasteiger partial charge in [0, 0.05) is 29.4 Å². The van der Waals surface area contributed by atoms with Crippen LogP contribution in [0.1, 0.15) is 111 Å². The number of rotatable bonds is 11.